The molecule has 182 valence electrons. The molecule has 1 aliphatic carbocycles. The van der Waals surface area contributed by atoms with Crippen LogP contribution in [-0.2, 0) is 16.3 Å². The summed E-state index contributed by atoms with van der Waals surface area (Å²) < 4.78 is 24.6. The molecule has 0 atom stereocenters. The summed E-state index contributed by atoms with van der Waals surface area (Å²) in [4.78, 5) is 14.3. The van der Waals surface area contributed by atoms with Gasteiger partial charge in [-0.1, -0.05) is 41.7 Å². The van der Waals surface area contributed by atoms with Crippen molar-refractivity contribution >= 4 is 48.3 Å². The maximum atomic E-state index is 11.9. The van der Waals surface area contributed by atoms with Crippen LogP contribution >= 0.6 is 11.3 Å². The zero-order valence-electron chi connectivity index (χ0n) is 19.3. The Labute approximate surface area is 208 Å². The Bertz CT molecular complexity index is 1430. The molecule has 0 amide bonds. The lowest BCUT2D eigenvalue weighted by atomic mass is 9.93. The highest BCUT2D eigenvalue weighted by Crippen LogP contribution is 2.30. The zero-order chi connectivity index (χ0) is 24.4. The van der Waals surface area contributed by atoms with E-state index in [-0.39, 0.29) is 17.0 Å². The minimum atomic E-state index is -3.29. The molecule has 5 rings (SSSR count). The highest BCUT2D eigenvalue weighted by atomic mass is 32.2. The van der Waals surface area contributed by atoms with E-state index in [1.54, 1.807) is 18.2 Å². The van der Waals surface area contributed by atoms with E-state index in [9.17, 15) is 13.5 Å². The van der Waals surface area contributed by atoms with Crippen molar-refractivity contribution in [3.63, 3.8) is 0 Å². The summed E-state index contributed by atoms with van der Waals surface area (Å²) in [6.45, 7) is 0. The van der Waals surface area contributed by atoms with Gasteiger partial charge in [0.15, 0.2) is 15.0 Å². The van der Waals surface area contributed by atoms with Crippen LogP contribution in [-0.4, -0.2) is 46.9 Å². The SMILES string of the molecule is CS(=O)(=O)c1ccc2nc(Nc3cc(Cc4ccccc4)nc(N[C@H]4CC[C@H](O)CC4)n3)sc2c1. The van der Waals surface area contributed by atoms with E-state index < -0.39 is 9.84 Å². The summed E-state index contributed by atoms with van der Waals surface area (Å²) >= 11 is 1.38. The van der Waals surface area contributed by atoms with Gasteiger partial charge in [-0.3, -0.25) is 0 Å². The standard InChI is InChI=1S/C25H27N5O3S2/c1-35(32,33)20-11-12-21-22(15-20)34-25(28-21)30-23-14-18(13-16-5-3-2-4-6-16)27-24(29-23)26-17-7-9-19(31)10-8-17/h2-6,11-12,14-15,17,19,31H,7-10,13H2,1H3,(H2,26,27,28,29,30)/t17-,19-. The lowest BCUT2D eigenvalue weighted by Crippen LogP contribution is -2.29. The van der Waals surface area contributed by atoms with Gasteiger partial charge in [-0.05, 0) is 49.4 Å². The van der Waals surface area contributed by atoms with Crippen LogP contribution in [0.25, 0.3) is 10.2 Å². The molecule has 10 heteroatoms. The van der Waals surface area contributed by atoms with E-state index >= 15 is 0 Å². The number of thiazole rings is 1. The zero-order valence-corrected chi connectivity index (χ0v) is 20.9. The average molecular weight is 510 g/mol. The summed E-state index contributed by atoms with van der Waals surface area (Å²) in [5, 5.41) is 17.2. The fourth-order valence-electron chi connectivity index (χ4n) is 4.22. The predicted octanol–water partition coefficient (Wildman–Crippen LogP) is 4.54. The summed E-state index contributed by atoms with van der Waals surface area (Å²) in [5.74, 6) is 1.16. The molecule has 1 fully saturated rings. The highest BCUT2D eigenvalue weighted by molar-refractivity contribution is 7.90. The smallest absolute Gasteiger partial charge is 0.225 e. The minimum Gasteiger partial charge on any atom is -0.393 e. The maximum Gasteiger partial charge on any atom is 0.225 e. The predicted molar refractivity (Wildman–Crippen MR) is 139 cm³/mol. The van der Waals surface area contributed by atoms with Gasteiger partial charge in [-0.15, -0.1) is 0 Å². The van der Waals surface area contributed by atoms with E-state index in [4.69, 9.17) is 4.98 Å². The van der Waals surface area contributed by atoms with Crippen molar-refractivity contribution in [1.29, 1.82) is 0 Å². The molecule has 35 heavy (non-hydrogen) atoms. The molecule has 0 saturated heterocycles. The van der Waals surface area contributed by atoms with E-state index in [0.29, 0.717) is 23.3 Å². The first-order chi connectivity index (χ1) is 16.8. The van der Waals surface area contributed by atoms with E-state index in [1.165, 1.54) is 17.6 Å². The van der Waals surface area contributed by atoms with Gasteiger partial charge in [0.05, 0.1) is 26.9 Å². The van der Waals surface area contributed by atoms with Crippen molar-refractivity contribution < 1.29 is 13.5 Å². The molecular weight excluding hydrogens is 482 g/mol. The third kappa shape index (κ3) is 5.95. The summed E-state index contributed by atoms with van der Waals surface area (Å²) in [6.07, 6.45) is 4.92. The lowest BCUT2D eigenvalue weighted by molar-refractivity contribution is 0.126. The van der Waals surface area contributed by atoms with Crippen LogP contribution in [0.3, 0.4) is 0 Å². The summed E-state index contributed by atoms with van der Waals surface area (Å²) in [5.41, 5.74) is 2.74. The van der Waals surface area contributed by atoms with Crippen LogP contribution in [0.15, 0.2) is 59.5 Å². The lowest BCUT2D eigenvalue weighted by Gasteiger charge is -2.26. The first-order valence-corrected chi connectivity index (χ1v) is 14.3. The molecule has 4 aromatic rings. The van der Waals surface area contributed by atoms with Crippen molar-refractivity contribution in [1.82, 2.24) is 15.0 Å². The number of nitrogens with one attached hydrogen (secondary N) is 2. The Morgan fingerprint density at radius 2 is 1.77 bits per heavy atom. The third-order valence-corrected chi connectivity index (χ3v) is 8.10. The number of sulfone groups is 1. The number of anilines is 3. The minimum absolute atomic E-state index is 0.218. The Kier molecular flexibility index (Phi) is 6.68. The van der Waals surface area contributed by atoms with E-state index in [2.05, 4.69) is 32.7 Å². The molecule has 0 radical (unpaired) electrons. The normalized spacial score (nSPS) is 18.5. The maximum absolute atomic E-state index is 11.9. The molecule has 0 bridgehead atoms. The van der Waals surface area contributed by atoms with Gasteiger partial charge in [0.25, 0.3) is 0 Å². The molecule has 1 saturated carbocycles. The largest absolute Gasteiger partial charge is 0.393 e. The molecule has 0 aliphatic heterocycles. The molecular formula is C25H27N5O3S2. The van der Waals surface area contributed by atoms with E-state index in [0.717, 1.165) is 47.2 Å². The van der Waals surface area contributed by atoms with Gasteiger partial charge >= 0.3 is 0 Å². The topological polar surface area (TPSA) is 117 Å². The molecule has 3 N–H and O–H groups in total. The fourth-order valence-corrected chi connectivity index (χ4v) is 5.86. The second-order valence-electron chi connectivity index (χ2n) is 8.93. The van der Waals surface area contributed by atoms with Gasteiger partial charge in [-0.25, -0.2) is 18.4 Å². The Hall–Kier alpha value is -3.08. The summed E-state index contributed by atoms with van der Waals surface area (Å²) in [7, 11) is -3.29. The third-order valence-electron chi connectivity index (χ3n) is 6.06. The second-order valence-corrected chi connectivity index (χ2v) is 12.0. The average Bonchev–Trinajstić information content (AvgIpc) is 3.22. The number of hydrogen-bond donors (Lipinski definition) is 3. The van der Waals surface area contributed by atoms with Crippen LogP contribution in [0.1, 0.15) is 36.9 Å². The molecule has 2 aromatic heterocycles. The van der Waals surface area contributed by atoms with Crippen molar-refractivity contribution in [2.75, 3.05) is 16.9 Å². The van der Waals surface area contributed by atoms with Crippen molar-refractivity contribution in [2.45, 2.75) is 49.1 Å². The number of fused-ring (bicyclic) bond motifs is 1. The number of hydrogen-bond acceptors (Lipinski definition) is 9. The van der Waals surface area contributed by atoms with Crippen molar-refractivity contribution in [3.8, 4) is 0 Å². The number of benzene rings is 2. The molecule has 2 aromatic carbocycles. The molecule has 8 nitrogen and oxygen atoms in total. The number of nitrogens with zero attached hydrogens (tertiary/aromatic N) is 3. The molecule has 0 unspecified atom stereocenters. The Morgan fingerprint density at radius 1 is 1.00 bits per heavy atom. The van der Waals surface area contributed by atoms with Crippen LogP contribution in [0, 0.1) is 0 Å². The van der Waals surface area contributed by atoms with Gasteiger partial charge in [0.2, 0.25) is 5.95 Å². The number of aromatic nitrogens is 3. The van der Waals surface area contributed by atoms with E-state index in [1.807, 2.05) is 24.3 Å². The fraction of sp³-hybridized carbons (Fsp3) is 0.320. The first-order valence-electron chi connectivity index (χ1n) is 11.6. The second kappa shape index (κ2) is 9.88. The number of rotatable bonds is 7. The first kappa shape index (κ1) is 23.7. The molecule has 2 heterocycles. The van der Waals surface area contributed by atoms with Crippen molar-refractivity contribution in [2.24, 2.45) is 0 Å². The van der Waals surface area contributed by atoms with Gasteiger partial charge < -0.3 is 15.7 Å². The van der Waals surface area contributed by atoms with Crippen molar-refractivity contribution in [3.05, 3.63) is 65.9 Å². The highest BCUT2D eigenvalue weighted by Gasteiger charge is 2.20. The Balaban J connectivity index is 1.43. The van der Waals surface area contributed by atoms with Crippen LogP contribution in [0.2, 0.25) is 0 Å². The number of aliphatic hydroxyl groups is 1. The summed E-state index contributed by atoms with van der Waals surface area (Å²) in [6, 6.07) is 17.2. The molecule has 0 spiro atoms. The van der Waals surface area contributed by atoms with Gasteiger partial charge in [0, 0.05) is 24.8 Å². The monoisotopic (exact) mass is 509 g/mol. The van der Waals surface area contributed by atoms with Gasteiger partial charge in [-0.2, -0.15) is 4.98 Å². The quantitative estimate of drug-likeness (QED) is 0.332. The Morgan fingerprint density at radius 3 is 2.51 bits per heavy atom. The van der Waals surface area contributed by atoms with Gasteiger partial charge in [0.1, 0.15) is 5.82 Å². The molecule has 1 aliphatic rings. The van der Waals surface area contributed by atoms with Crippen LogP contribution < -0.4 is 10.6 Å². The van der Waals surface area contributed by atoms with Crippen LogP contribution in [0.4, 0.5) is 16.9 Å². The number of aliphatic hydroxyl groups excluding tert-OH is 1. The van der Waals surface area contributed by atoms with Crippen LogP contribution in [0.5, 0.6) is 0 Å².